The van der Waals surface area contributed by atoms with Crippen LogP contribution in [0.25, 0.3) is 0 Å². The van der Waals surface area contributed by atoms with Gasteiger partial charge in [0.05, 0.1) is 5.56 Å². The zero-order chi connectivity index (χ0) is 19.9. The smallest absolute Gasteiger partial charge is 0.338 e. The van der Waals surface area contributed by atoms with Crippen molar-refractivity contribution in [3.05, 3.63) is 65.4 Å². The van der Waals surface area contributed by atoms with Crippen molar-refractivity contribution in [1.29, 1.82) is 0 Å². The number of likely N-dealkylation sites (N-methyl/N-ethyl adjacent to an activating group) is 1. The topological polar surface area (TPSA) is 65.1 Å². The predicted octanol–water partition coefficient (Wildman–Crippen LogP) is 3.45. The highest BCUT2D eigenvalue weighted by molar-refractivity contribution is 5.96. The molecule has 0 N–H and O–H groups in total. The van der Waals surface area contributed by atoms with Gasteiger partial charge in [-0.05, 0) is 29.8 Å². The van der Waals surface area contributed by atoms with Crippen molar-refractivity contribution in [2.45, 2.75) is 19.3 Å². The summed E-state index contributed by atoms with van der Waals surface area (Å²) in [5, 5.41) is 0. The second kappa shape index (κ2) is 6.71. The van der Waals surface area contributed by atoms with Gasteiger partial charge in [0.15, 0.2) is 23.9 Å². The maximum absolute atomic E-state index is 12.5. The van der Waals surface area contributed by atoms with Gasteiger partial charge in [0.2, 0.25) is 6.79 Å². The number of anilines is 1. The number of fused-ring (bicyclic) bond motifs is 2. The molecule has 0 atom stereocenters. The number of rotatable bonds is 4. The van der Waals surface area contributed by atoms with Crippen LogP contribution in [0.15, 0.2) is 54.2 Å². The van der Waals surface area contributed by atoms with Crippen LogP contribution in [0, 0.1) is 0 Å². The average molecular weight is 379 g/mol. The number of ketones is 1. The summed E-state index contributed by atoms with van der Waals surface area (Å²) in [7, 11) is 1.94. The molecule has 2 aliphatic heterocycles. The fourth-order valence-electron chi connectivity index (χ4n) is 3.70. The first-order chi connectivity index (χ1) is 13.4. The summed E-state index contributed by atoms with van der Waals surface area (Å²) in [5.41, 5.74) is 3.12. The Kier molecular flexibility index (Phi) is 4.34. The van der Waals surface area contributed by atoms with Crippen LogP contribution in [0.2, 0.25) is 0 Å². The van der Waals surface area contributed by atoms with Crippen molar-refractivity contribution in [1.82, 2.24) is 0 Å². The van der Waals surface area contributed by atoms with E-state index in [-0.39, 0.29) is 24.6 Å². The monoisotopic (exact) mass is 379 g/mol. The molecule has 2 heterocycles. The lowest BCUT2D eigenvalue weighted by Gasteiger charge is -2.23. The first-order valence-corrected chi connectivity index (χ1v) is 9.03. The first-order valence-electron chi connectivity index (χ1n) is 9.03. The molecule has 0 fully saturated rings. The Hall–Kier alpha value is -3.28. The van der Waals surface area contributed by atoms with Crippen LogP contribution in [0.5, 0.6) is 11.5 Å². The maximum Gasteiger partial charge on any atom is 0.338 e. The van der Waals surface area contributed by atoms with Crippen LogP contribution in [0.1, 0.15) is 29.8 Å². The Balaban J connectivity index is 1.45. The quantitative estimate of drug-likeness (QED) is 0.599. The van der Waals surface area contributed by atoms with E-state index >= 15 is 0 Å². The third-order valence-electron chi connectivity index (χ3n) is 5.19. The molecule has 0 radical (unpaired) electrons. The van der Waals surface area contributed by atoms with Gasteiger partial charge in [-0.1, -0.05) is 32.0 Å². The van der Waals surface area contributed by atoms with E-state index < -0.39 is 5.97 Å². The van der Waals surface area contributed by atoms with E-state index in [1.165, 1.54) is 0 Å². The molecule has 4 rings (SSSR count). The van der Waals surface area contributed by atoms with Gasteiger partial charge in [-0.25, -0.2) is 4.79 Å². The van der Waals surface area contributed by atoms with Gasteiger partial charge in [0.1, 0.15) is 0 Å². The predicted molar refractivity (Wildman–Crippen MR) is 104 cm³/mol. The van der Waals surface area contributed by atoms with Gasteiger partial charge >= 0.3 is 5.97 Å². The summed E-state index contributed by atoms with van der Waals surface area (Å²) in [6, 6.07) is 12.9. The van der Waals surface area contributed by atoms with Gasteiger partial charge in [0.25, 0.3) is 0 Å². The molecule has 6 heteroatoms. The Bertz CT molecular complexity index is 992. The molecule has 0 unspecified atom stereocenters. The number of benzene rings is 2. The summed E-state index contributed by atoms with van der Waals surface area (Å²) in [6.07, 6.45) is 1.56. The molecule has 28 heavy (non-hydrogen) atoms. The van der Waals surface area contributed by atoms with Crippen molar-refractivity contribution in [2.75, 3.05) is 25.3 Å². The van der Waals surface area contributed by atoms with E-state index in [1.807, 2.05) is 30.1 Å². The lowest BCUT2D eigenvalue weighted by Crippen LogP contribution is -2.25. The molecule has 0 aliphatic carbocycles. The van der Waals surface area contributed by atoms with Gasteiger partial charge in [-0.3, -0.25) is 4.79 Å². The average Bonchev–Trinajstić information content (AvgIpc) is 3.23. The number of esters is 1. The maximum atomic E-state index is 12.5. The summed E-state index contributed by atoms with van der Waals surface area (Å²) in [6.45, 7) is 3.96. The van der Waals surface area contributed by atoms with Crippen molar-refractivity contribution < 1.29 is 23.8 Å². The normalized spacial score (nSPS) is 17.5. The fraction of sp³-hybridized carbons (Fsp3) is 0.273. The van der Waals surface area contributed by atoms with Crippen LogP contribution in [-0.4, -0.2) is 32.2 Å². The molecule has 0 spiro atoms. The molecule has 0 aromatic heterocycles. The molecule has 0 saturated carbocycles. The molecule has 144 valence electrons. The number of allylic oxidation sites excluding steroid dienone is 1. The SMILES string of the molecule is CN1C(=CC(=O)COC(=O)c2ccc3c(c2)OCO3)C(C)(C)c2ccccc21. The second-order valence-electron chi connectivity index (χ2n) is 7.34. The van der Waals surface area contributed by atoms with Crippen LogP contribution < -0.4 is 14.4 Å². The minimum absolute atomic E-state index is 0.131. The Labute approximate surface area is 163 Å². The highest BCUT2D eigenvalue weighted by atomic mass is 16.7. The highest BCUT2D eigenvalue weighted by Crippen LogP contribution is 2.46. The van der Waals surface area contributed by atoms with Crippen LogP contribution >= 0.6 is 0 Å². The number of nitrogens with zero attached hydrogens (tertiary/aromatic N) is 1. The molecule has 2 aromatic rings. The summed E-state index contributed by atoms with van der Waals surface area (Å²) in [5.74, 6) is 0.239. The molecular weight excluding hydrogens is 358 g/mol. The van der Waals surface area contributed by atoms with E-state index in [4.69, 9.17) is 14.2 Å². The zero-order valence-electron chi connectivity index (χ0n) is 16.0. The lowest BCUT2D eigenvalue weighted by atomic mass is 9.83. The second-order valence-corrected chi connectivity index (χ2v) is 7.34. The van der Waals surface area contributed by atoms with Gasteiger partial charge in [0, 0.05) is 29.9 Å². The minimum atomic E-state index is -0.577. The summed E-state index contributed by atoms with van der Waals surface area (Å²) in [4.78, 5) is 26.7. The number of hydrogen-bond donors (Lipinski definition) is 0. The number of para-hydroxylation sites is 1. The Morgan fingerprint density at radius 1 is 1.14 bits per heavy atom. The summed E-state index contributed by atoms with van der Waals surface area (Å²) < 4.78 is 15.7. The number of carbonyl (C=O) groups is 2. The van der Waals surface area contributed by atoms with Crippen LogP contribution in [-0.2, 0) is 14.9 Å². The lowest BCUT2D eigenvalue weighted by molar-refractivity contribution is -0.117. The van der Waals surface area contributed by atoms with E-state index in [0.717, 1.165) is 16.9 Å². The third kappa shape index (κ3) is 3.01. The number of ether oxygens (including phenoxy) is 3. The zero-order valence-corrected chi connectivity index (χ0v) is 16.0. The largest absolute Gasteiger partial charge is 0.454 e. The molecule has 0 amide bonds. The minimum Gasteiger partial charge on any atom is -0.454 e. The number of hydrogen-bond acceptors (Lipinski definition) is 6. The van der Waals surface area contributed by atoms with E-state index in [1.54, 1.807) is 24.3 Å². The molecule has 2 aromatic carbocycles. The van der Waals surface area contributed by atoms with E-state index in [9.17, 15) is 9.59 Å². The molecule has 0 saturated heterocycles. The van der Waals surface area contributed by atoms with Crippen molar-refractivity contribution >= 4 is 17.4 Å². The third-order valence-corrected chi connectivity index (χ3v) is 5.19. The van der Waals surface area contributed by atoms with Crippen LogP contribution in [0.3, 0.4) is 0 Å². The fourth-order valence-corrected chi connectivity index (χ4v) is 3.70. The molecular formula is C22H21NO5. The molecule has 0 bridgehead atoms. The Morgan fingerprint density at radius 3 is 2.68 bits per heavy atom. The summed E-state index contributed by atoms with van der Waals surface area (Å²) >= 11 is 0. The van der Waals surface area contributed by atoms with Gasteiger partial charge < -0.3 is 19.1 Å². The van der Waals surface area contributed by atoms with Crippen molar-refractivity contribution in [2.24, 2.45) is 0 Å². The standard InChI is InChI=1S/C22H21NO5/c1-22(2)16-6-4-5-7-17(16)23(3)20(22)11-15(24)12-26-21(25)14-8-9-18-19(10-14)28-13-27-18/h4-11H,12-13H2,1-3H3. The van der Waals surface area contributed by atoms with Crippen LogP contribution in [0.4, 0.5) is 5.69 Å². The van der Waals surface area contributed by atoms with Crippen molar-refractivity contribution in [3.63, 3.8) is 0 Å². The Morgan fingerprint density at radius 2 is 1.89 bits per heavy atom. The van der Waals surface area contributed by atoms with Gasteiger partial charge in [-0.15, -0.1) is 0 Å². The first kappa shape index (κ1) is 18.1. The highest BCUT2D eigenvalue weighted by Gasteiger charge is 2.38. The van der Waals surface area contributed by atoms with E-state index in [2.05, 4.69) is 19.9 Å². The number of carbonyl (C=O) groups excluding carboxylic acids is 2. The molecule has 6 nitrogen and oxygen atoms in total. The van der Waals surface area contributed by atoms with E-state index in [0.29, 0.717) is 17.1 Å². The molecule has 2 aliphatic rings. The van der Waals surface area contributed by atoms with Gasteiger partial charge in [-0.2, -0.15) is 0 Å². The van der Waals surface area contributed by atoms with Crippen molar-refractivity contribution in [3.8, 4) is 11.5 Å².